The normalized spacial score (nSPS) is 12.6. The van der Waals surface area contributed by atoms with Crippen molar-refractivity contribution in [2.45, 2.75) is 45.9 Å². The molecule has 0 aliphatic carbocycles. The fourth-order valence-electron chi connectivity index (χ4n) is 3.19. The summed E-state index contributed by atoms with van der Waals surface area (Å²) in [6.07, 6.45) is 0.0976. The van der Waals surface area contributed by atoms with Crippen molar-refractivity contribution in [3.8, 4) is 11.4 Å². The first-order chi connectivity index (χ1) is 14.9. The highest BCUT2D eigenvalue weighted by Gasteiger charge is 2.16. The van der Waals surface area contributed by atoms with Crippen molar-refractivity contribution in [3.05, 3.63) is 70.6 Å². The molecule has 1 heterocycles. The number of benzene rings is 2. The highest BCUT2D eigenvalue weighted by atomic mass is 35.5. The smallest absolute Gasteiger partial charge is 0.228 e. The Kier molecular flexibility index (Phi) is 8.60. The minimum atomic E-state index is -0.570. The van der Waals surface area contributed by atoms with Crippen molar-refractivity contribution in [1.82, 2.24) is 15.0 Å². The van der Waals surface area contributed by atoms with E-state index in [-0.39, 0.29) is 6.10 Å². The summed E-state index contributed by atoms with van der Waals surface area (Å²) in [7, 11) is 0. The number of aliphatic hydroxyl groups is 1. The fraction of sp³-hybridized carbons (Fsp3) is 0.417. The lowest BCUT2D eigenvalue weighted by molar-refractivity contribution is -0.00957. The van der Waals surface area contributed by atoms with E-state index in [0.717, 1.165) is 11.1 Å². The highest BCUT2D eigenvalue weighted by molar-refractivity contribution is 6.31. The van der Waals surface area contributed by atoms with Gasteiger partial charge in [-0.25, -0.2) is 0 Å². The topological polar surface area (TPSA) is 71.6 Å². The number of hydrogen-bond acceptors (Lipinski definition) is 6. The predicted molar refractivity (Wildman–Crippen MR) is 122 cm³/mol. The quantitative estimate of drug-likeness (QED) is 0.469. The van der Waals surface area contributed by atoms with E-state index in [1.165, 1.54) is 5.56 Å². The minimum absolute atomic E-state index is 0.0873. The molecule has 3 aromatic rings. The Morgan fingerprint density at radius 2 is 1.94 bits per heavy atom. The molecule has 31 heavy (non-hydrogen) atoms. The molecule has 0 radical (unpaired) electrons. The van der Waals surface area contributed by atoms with E-state index in [2.05, 4.69) is 27.2 Å². The van der Waals surface area contributed by atoms with Crippen LogP contribution < -0.4 is 0 Å². The van der Waals surface area contributed by atoms with Crippen LogP contribution in [0.25, 0.3) is 11.4 Å². The predicted octanol–water partition coefficient (Wildman–Crippen LogP) is 4.53. The summed E-state index contributed by atoms with van der Waals surface area (Å²) in [5.41, 5.74) is 3.01. The van der Waals surface area contributed by atoms with Gasteiger partial charge in [-0.15, -0.1) is 0 Å². The summed E-state index contributed by atoms with van der Waals surface area (Å²) < 4.78 is 11.0. The maximum Gasteiger partial charge on any atom is 0.228 e. The molecule has 0 aliphatic heterocycles. The van der Waals surface area contributed by atoms with Crippen molar-refractivity contribution < 1.29 is 14.4 Å². The van der Waals surface area contributed by atoms with Gasteiger partial charge in [-0.3, -0.25) is 4.90 Å². The van der Waals surface area contributed by atoms with Gasteiger partial charge in [0, 0.05) is 36.6 Å². The van der Waals surface area contributed by atoms with E-state index in [1.807, 2.05) is 57.2 Å². The largest absolute Gasteiger partial charge is 0.389 e. The Morgan fingerprint density at radius 1 is 1.16 bits per heavy atom. The fourth-order valence-corrected chi connectivity index (χ4v) is 3.37. The van der Waals surface area contributed by atoms with Crippen molar-refractivity contribution >= 4 is 11.6 Å². The van der Waals surface area contributed by atoms with E-state index in [9.17, 15) is 5.11 Å². The third-order valence-corrected chi connectivity index (χ3v) is 5.29. The molecule has 0 amide bonds. The third kappa shape index (κ3) is 7.43. The van der Waals surface area contributed by atoms with Crippen LogP contribution in [0.15, 0.2) is 53.1 Å². The molecular weight excluding hydrogens is 414 g/mol. The first kappa shape index (κ1) is 23.4. The van der Waals surface area contributed by atoms with Crippen LogP contribution in [-0.4, -0.2) is 52.1 Å². The first-order valence-electron chi connectivity index (χ1n) is 10.6. The molecule has 7 heteroatoms. The van der Waals surface area contributed by atoms with E-state index in [1.54, 1.807) is 0 Å². The van der Waals surface area contributed by atoms with Crippen LogP contribution in [0, 0.1) is 6.92 Å². The number of nitrogens with zero attached hydrogens (tertiary/aromatic N) is 3. The van der Waals surface area contributed by atoms with Crippen molar-refractivity contribution in [2.24, 2.45) is 0 Å². The number of halogens is 1. The number of aromatic nitrogens is 2. The second kappa shape index (κ2) is 11.4. The van der Waals surface area contributed by atoms with Crippen molar-refractivity contribution in [2.75, 3.05) is 19.7 Å². The SMILES string of the molecule is Cc1ccc(-c2noc(CCN(Cc3ccccc3)CC(O)COC(C)C)n2)cc1Cl. The lowest BCUT2D eigenvalue weighted by atomic mass is 10.1. The highest BCUT2D eigenvalue weighted by Crippen LogP contribution is 2.23. The van der Waals surface area contributed by atoms with Gasteiger partial charge in [0.15, 0.2) is 0 Å². The Bertz CT molecular complexity index is 946. The average Bonchev–Trinajstić information content (AvgIpc) is 3.22. The maximum absolute atomic E-state index is 10.4. The Hall–Kier alpha value is -2.25. The maximum atomic E-state index is 10.4. The summed E-state index contributed by atoms with van der Waals surface area (Å²) in [5, 5.41) is 15.2. The van der Waals surface area contributed by atoms with Gasteiger partial charge in [-0.1, -0.05) is 59.2 Å². The second-order valence-electron chi connectivity index (χ2n) is 7.98. The van der Waals surface area contributed by atoms with Gasteiger partial charge in [-0.05, 0) is 38.0 Å². The molecular formula is C24H30ClN3O3. The van der Waals surface area contributed by atoms with Crippen LogP contribution in [0.3, 0.4) is 0 Å². The summed E-state index contributed by atoms with van der Waals surface area (Å²) in [6, 6.07) is 15.9. The molecule has 0 saturated carbocycles. The summed E-state index contributed by atoms with van der Waals surface area (Å²) in [4.78, 5) is 6.70. The van der Waals surface area contributed by atoms with Crippen molar-refractivity contribution in [1.29, 1.82) is 0 Å². The van der Waals surface area contributed by atoms with Crippen LogP contribution in [0.4, 0.5) is 0 Å². The van der Waals surface area contributed by atoms with Gasteiger partial charge >= 0.3 is 0 Å². The molecule has 0 aliphatic rings. The number of hydrogen-bond donors (Lipinski definition) is 1. The van der Waals surface area contributed by atoms with Crippen LogP contribution in [0.2, 0.25) is 5.02 Å². The summed E-state index contributed by atoms with van der Waals surface area (Å²) in [5.74, 6) is 1.08. The lowest BCUT2D eigenvalue weighted by Crippen LogP contribution is -2.36. The van der Waals surface area contributed by atoms with E-state index in [0.29, 0.717) is 49.4 Å². The van der Waals surface area contributed by atoms with E-state index in [4.69, 9.17) is 20.9 Å². The average molecular weight is 444 g/mol. The zero-order valence-corrected chi connectivity index (χ0v) is 19.0. The molecule has 1 aromatic heterocycles. The van der Waals surface area contributed by atoms with E-state index < -0.39 is 6.10 Å². The monoisotopic (exact) mass is 443 g/mol. The van der Waals surface area contributed by atoms with Crippen LogP contribution in [0.5, 0.6) is 0 Å². The van der Waals surface area contributed by atoms with E-state index >= 15 is 0 Å². The minimum Gasteiger partial charge on any atom is -0.389 e. The number of rotatable bonds is 11. The Morgan fingerprint density at radius 3 is 2.65 bits per heavy atom. The molecule has 6 nitrogen and oxygen atoms in total. The second-order valence-corrected chi connectivity index (χ2v) is 8.39. The van der Waals surface area contributed by atoms with Gasteiger partial charge in [0.25, 0.3) is 0 Å². The molecule has 0 bridgehead atoms. The number of aliphatic hydroxyl groups excluding tert-OH is 1. The van der Waals surface area contributed by atoms with Gasteiger partial charge in [-0.2, -0.15) is 4.98 Å². The summed E-state index contributed by atoms with van der Waals surface area (Å²) in [6.45, 7) is 8.07. The molecule has 1 atom stereocenters. The van der Waals surface area contributed by atoms with Crippen molar-refractivity contribution in [3.63, 3.8) is 0 Å². The van der Waals surface area contributed by atoms with Gasteiger partial charge in [0.05, 0.1) is 18.8 Å². The standard InChI is InChI=1S/C24H30ClN3O3/c1-17(2)30-16-21(29)15-28(14-19-7-5-4-6-8-19)12-11-23-26-24(27-31-23)20-10-9-18(3)22(25)13-20/h4-10,13,17,21,29H,11-12,14-16H2,1-3H3. The van der Waals surface area contributed by atoms with Gasteiger partial charge in [0.2, 0.25) is 11.7 Å². The molecule has 0 spiro atoms. The van der Waals surface area contributed by atoms with Crippen LogP contribution >= 0.6 is 11.6 Å². The van der Waals surface area contributed by atoms with Crippen LogP contribution in [0.1, 0.15) is 30.9 Å². The van der Waals surface area contributed by atoms with Gasteiger partial charge < -0.3 is 14.4 Å². The Balaban J connectivity index is 1.63. The molecule has 0 fully saturated rings. The molecule has 2 aromatic carbocycles. The molecule has 1 N–H and O–H groups in total. The van der Waals surface area contributed by atoms with Crippen LogP contribution in [-0.2, 0) is 17.7 Å². The lowest BCUT2D eigenvalue weighted by Gasteiger charge is -2.25. The zero-order chi connectivity index (χ0) is 22.2. The first-order valence-corrected chi connectivity index (χ1v) is 10.9. The molecule has 1 unspecified atom stereocenters. The molecule has 0 saturated heterocycles. The zero-order valence-electron chi connectivity index (χ0n) is 18.3. The molecule has 166 valence electrons. The molecule has 3 rings (SSSR count). The Labute approximate surface area is 188 Å². The third-order valence-electron chi connectivity index (χ3n) is 4.88. The number of ether oxygens (including phenoxy) is 1. The van der Waals surface area contributed by atoms with Gasteiger partial charge in [0.1, 0.15) is 0 Å². The summed E-state index contributed by atoms with van der Waals surface area (Å²) >= 11 is 6.22. The number of aryl methyl sites for hydroxylation is 1.